The first-order valence-corrected chi connectivity index (χ1v) is 5.31. The first-order chi connectivity index (χ1) is 6.59. The van der Waals surface area contributed by atoms with Crippen LogP contribution in [-0.4, -0.2) is 29.6 Å². The highest BCUT2D eigenvalue weighted by molar-refractivity contribution is 9.11. The van der Waals surface area contributed by atoms with Crippen molar-refractivity contribution in [3.05, 3.63) is 22.3 Å². The van der Waals surface area contributed by atoms with Gasteiger partial charge in [0.25, 0.3) is 5.91 Å². The van der Waals surface area contributed by atoms with Gasteiger partial charge in [0, 0.05) is 11.5 Å². The van der Waals surface area contributed by atoms with Crippen molar-refractivity contribution in [2.45, 2.75) is 19.4 Å². The van der Waals surface area contributed by atoms with Crippen LogP contribution in [-0.2, 0) is 4.79 Å². The molecule has 0 fully saturated rings. The summed E-state index contributed by atoms with van der Waals surface area (Å²) in [6, 6.07) is -0.262. The minimum absolute atomic E-state index is 0.0615. The Morgan fingerprint density at radius 2 is 2.36 bits per heavy atom. The fourth-order valence-electron chi connectivity index (χ4n) is 1.65. The van der Waals surface area contributed by atoms with Crippen LogP contribution < -0.4 is 0 Å². The van der Waals surface area contributed by atoms with Gasteiger partial charge >= 0.3 is 0 Å². The van der Waals surface area contributed by atoms with E-state index in [0.717, 1.165) is 22.3 Å². The number of aliphatic imine (C=N–C) groups is 1. The largest absolute Gasteiger partial charge is 0.312 e. The Hall–Kier alpha value is -0.900. The van der Waals surface area contributed by atoms with Crippen LogP contribution in [0.3, 0.4) is 0 Å². The summed E-state index contributed by atoms with van der Waals surface area (Å²) >= 11 is 3.44. The predicted molar refractivity (Wildman–Crippen MR) is 59.4 cm³/mol. The molecular weight excluding hydrogens is 244 g/mol. The molecule has 1 atom stereocenters. The molecule has 1 heterocycles. The molecule has 0 aromatic rings. The van der Waals surface area contributed by atoms with Crippen LogP contribution >= 0.6 is 15.9 Å². The SMILES string of the molecule is CC1N=C2C=C(Br)CC=C2N(C)C1=O. The van der Waals surface area contributed by atoms with E-state index in [-0.39, 0.29) is 11.9 Å². The Labute approximate surface area is 91.3 Å². The summed E-state index contributed by atoms with van der Waals surface area (Å²) in [4.78, 5) is 17.6. The summed E-state index contributed by atoms with van der Waals surface area (Å²) in [5.41, 5.74) is 1.83. The van der Waals surface area contributed by atoms with Crippen LogP contribution in [0.2, 0.25) is 0 Å². The highest BCUT2D eigenvalue weighted by Crippen LogP contribution is 2.25. The minimum atomic E-state index is -0.262. The van der Waals surface area contributed by atoms with E-state index in [4.69, 9.17) is 0 Å². The highest BCUT2D eigenvalue weighted by atomic mass is 79.9. The molecule has 0 bridgehead atoms. The maximum atomic E-state index is 11.6. The van der Waals surface area contributed by atoms with E-state index in [0.29, 0.717) is 0 Å². The van der Waals surface area contributed by atoms with Crippen LogP contribution in [0.15, 0.2) is 27.3 Å². The molecule has 3 nitrogen and oxygen atoms in total. The first-order valence-electron chi connectivity index (χ1n) is 4.51. The van der Waals surface area contributed by atoms with Crippen molar-refractivity contribution < 1.29 is 4.79 Å². The van der Waals surface area contributed by atoms with Gasteiger partial charge in [-0.25, -0.2) is 0 Å². The normalized spacial score (nSPS) is 26.5. The molecule has 2 rings (SSSR count). The number of rotatable bonds is 0. The van der Waals surface area contributed by atoms with Gasteiger partial charge in [-0.1, -0.05) is 22.0 Å². The lowest BCUT2D eigenvalue weighted by Crippen LogP contribution is -2.41. The van der Waals surface area contributed by atoms with Gasteiger partial charge in [-0.05, 0) is 19.4 Å². The number of hydrogen-bond acceptors (Lipinski definition) is 2. The summed E-state index contributed by atoms with van der Waals surface area (Å²) in [6.07, 6.45) is 4.84. The molecule has 0 spiro atoms. The van der Waals surface area contributed by atoms with E-state index in [1.165, 1.54) is 0 Å². The van der Waals surface area contributed by atoms with E-state index in [2.05, 4.69) is 20.9 Å². The van der Waals surface area contributed by atoms with Gasteiger partial charge in [-0.2, -0.15) is 0 Å². The number of fused-ring (bicyclic) bond motifs is 1. The topological polar surface area (TPSA) is 32.7 Å². The van der Waals surface area contributed by atoms with Gasteiger partial charge in [0.15, 0.2) is 0 Å². The molecule has 0 aromatic carbocycles. The number of allylic oxidation sites excluding steroid dienone is 3. The van der Waals surface area contributed by atoms with Crippen molar-refractivity contribution in [2.24, 2.45) is 4.99 Å². The number of amides is 1. The van der Waals surface area contributed by atoms with E-state index in [1.54, 1.807) is 11.9 Å². The van der Waals surface area contributed by atoms with Crippen molar-refractivity contribution >= 4 is 27.5 Å². The second-order valence-corrected chi connectivity index (χ2v) is 4.49. The summed E-state index contributed by atoms with van der Waals surface area (Å²) in [6.45, 7) is 1.82. The lowest BCUT2D eigenvalue weighted by atomic mass is 10.1. The molecule has 0 N–H and O–H groups in total. The number of carbonyl (C=O) groups excluding carboxylic acids is 1. The van der Waals surface area contributed by atoms with Gasteiger partial charge in [0.2, 0.25) is 0 Å². The molecule has 0 radical (unpaired) electrons. The third-order valence-corrected chi connectivity index (χ3v) is 2.98. The van der Waals surface area contributed by atoms with Crippen LogP contribution in [0.4, 0.5) is 0 Å². The summed E-state index contributed by atoms with van der Waals surface area (Å²) in [5.74, 6) is 0.0615. The predicted octanol–water partition coefficient (Wildman–Crippen LogP) is 1.85. The molecule has 1 aliphatic heterocycles. The molecule has 1 aliphatic carbocycles. The van der Waals surface area contributed by atoms with E-state index in [9.17, 15) is 4.79 Å². The number of hydrogen-bond donors (Lipinski definition) is 0. The molecule has 1 unspecified atom stereocenters. The second-order valence-electron chi connectivity index (χ2n) is 3.47. The lowest BCUT2D eigenvalue weighted by molar-refractivity contribution is -0.129. The Kier molecular flexibility index (Phi) is 2.31. The number of halogens is 1. The Bertz CT molecular complexity index is 382. The van der Waals surface area contributed by atoms with Crippen LogP contribution in [0, 0.1) is 0 Å². The average molecular weight is 255 g/mol. The third kappa shape index (κ3) is 1.43. The molecule has 0 saturated heterocycles. The van der Waals surface area contributed by atoms with E-state index in [1.807, 2.05) is 19.1 Å². The zero-order chi connectivity index (χ0) is 10.3. The van der Waals surface area contributed by atoms with Crippen LogP contribution in [0.25, 0.3) is 0 Å². The molecule has 14 heavy (non-hydrogen) atoms. The van der Waals surface area contributed by atoms with Crippen molar-refractivity contribution in [2.75, 3.05) is 7.05 Å². The molecule has 4 heteroatoms. The van der Waals surface area contributed by atoms with Crippen molar-refractivity contribution in [1.82, 2.24) is 4.90 Å². The highest BCUT2D eigenvalue weighted by Gasteiger charge is 2.28. The Morgan fingerprint density at radius 3 is 3.07 bits per heavy atom. The number of likely N-dealkylation sites (N-methyl/N-ethyl adjacent to an activating group) is 1. The van der Waals surface area contributed by atoms with Gasteiger partial charge < -0.3 is 4.90 Å². The van der Waals surface area contributed by atoms with E-state index < -0.39 is 0 Å². The van der Waals surface area contributed by atoms with E-state index >= 15 is 0 Å². The summed E-state index contributed by atoms with van der Waals surface area (Å²) in [5, 5.41) is 0. The fraction of sp³-hybridized carbons (Fsp3) is 0.400. The average Bonchev–Trinajstić information content (AvgIpc) is 2.14. The number of nitrogens with zero attached hydrogens (tertiary/aromatic N) is 2. The lowest BCUT2D eigenvalue weighted by Gasteiger charge is -2.29. The minimum Gasteiger partial charge on any atom is -0.312 e. The first kappa shape index (κ1) is 9.65. The summed E-state index contributed by atoms with van der Waals surface area (Å²) in [7, 11) is 1.80. The smallest absolute Gasteiger partial charge is 0.251 e. The fourth-order valence-corrected chi connectivity index (χ4v) is 2.03. The zero-order valence-electron chi connectivity index (χ0n) is 8.12. The van der Waals surface area contributed by atoms with Gasteiger partial charge in [0.1, 0.15) is 6.04 Å². The Balaban J connectivity index is 2.45. The molecule has 74 valence electrons. The van der Waals surface area contributed by atoms with Gasteiger partial charge in [0.05, 0.1) is 11.4 Å². The molecule has 0 aromatic heterocycles. The second kappa shape index (κ2) is 3.35. The van der Waals surface area contributed by atoms with Crippen molar-refractivity contribution in [3.63, 3.8) is 0 Å². The quantitative estimate of drug-likeness (QED) is 0.650. The zero-order valence-corrected chi connectivity index (χ0v) is 9.71. The standard InChI is InChI=1S/C10H11BrN2O/c1-6-10(14)13(2)9-4-3-7(11)5-8(9)12-6/h4-6H,3H2,1-2H3. The third-order valence-electron chi connectivity index (χ3n) is 2.43. The Morgan fingerprint density at radius 1 is 1.64 bits per heavy atom. The maximum absolute atomic E-state index is 11.6. The molecule has 2 aliphatic rings. The van der Waals surface area contributed by atoms with Gasteiger partial charge in [-0.3, -0.25) is 9.79 Å². The van der Waals surface area contributed by atoms with Crippen LogP contribution in [0.1, 0.15) is 13.3 Å². The number of carbonyl (C=O) groups is 1. The van der Waals surface area contributed by atoms with Gasteiger partial charge in [-0.15, -0.1) is 0 Å². The monoisotopic (exact) mass is 254 g/mol. The summed E-state index contributed by atoms with van der Waals surface area (Å²) < 4.78 is 1.11. The molecule has 0 saturated carbocycles. The molecule has 1 amide bonds. The van der Waals surface area contributed by atoms with Crippen molar-refractivity contribution in [1.29, 1.82) is 0 Å². The van der Waals surface area contributed by atoms with Crippen LogP contribution in [0.5, 0.6) is 0 Å². The van der Waals surface area contributed by atoms with Crippen molar-refractivity contribution in [3.8, 4) is 0 Å². The molecular formula is C10H11BrN2O. The maximum Gasteiger partial charge on any atom is 0.251 e.